The van der Waals surface area contributed by atoms with Gasteiger partial charge in [0, 0.05) is 0 Å². The smallest absolute Gasteiger partial charge is 0.193 e. The van der Waals surface area contributed by atoms with E-state index in [0.717, 1.165) is 12.2 Å². The molecule has 102 valence electrons. The highest BCUT2D eigenvalue weighted by molar-refractivity contribution is 6.28. The van der Waals surface area contributed by atoms with Crippen LogP contribution in [0.15, 0.2) is 40.8 Å². The third kappa shape index (κ3) is 3.20. The number of furan rings is 1. The first-order valence-corrected chi connectivity index (χ1v) is 7.05. The van der Waals surface area contributed by atoms with Crippen LogP contribution in [-0.2, 0) is 0 Å². The molecule has 3 heteroatoms. The van der Waals surface area contributed by atoms with Gasteiger partial charge in [0.1, 0.15) is 5.76 Å². The molecule has 0 fully saturated rings. The van der Waals surface area contributed by atoms with Gasteiger partial charge in [0.15, 0.2) is 5.22 Å². The topological polar surface area (TPSA) is 25.2 Å². The Morgan fingerprint density at radius 1 is 1.11 bits per heavy atom. The van der Waals surface area contributed by atoms with E-state index in [1.54, 1.807) is 6.07 Å². The third-order valence-corrected chi connectivity index (χ3v) is 3.82. The lowest BCUT2D eigenvalue weighted by atomic mass is 9.95. The Morgan fingerprint density at radius 3 is 2.21 bits per heavy atom. The summed E-state index contributed by atoms with van der Waals surface area (Å²) < 4.78 is 5.49. The van der Waals surface area contributed by atoms with Gasteiger partial charge in [0.25, 0.3) is 0 Å². The van der Waals surface area contributed by atoms with E-state index in [9.17, 15) is 0 Å². The Morgan fingerprint density at radius 2 is 1.74 bits per heavy atom. The number of rotatable bonds is 5. The average Bonchev–Trinajstić information content (AvgIpc) is 2.86. The molecule has 0 spiro atoms. The van der Waals surface area contributed by atoms with Crippen molar-refractivity contribution in [2.45, 2.75) is 32.2 Å². The summed E-state index contributed by atoms with van der Waals surface area (Å²) in [7, 11) is 1.92. The highest BCUT2D eigenvalue weighted by atomic mass is 35.5. The van der Waals surface area contributed by atoms with Crippen molar-refractivity contribution >= 4 is 11.6 Å². The van der Waals surface area contributed by atoms with Crippen molar-refractivity contribution in [2.75, 3.05) is 7.05 Å². The molecule has 2 unspecified atom stereocenters. The SMILES string of the molecule is CCC(C)c1ccc(C(NC)c2ccc(Cl)o2)cc1. The second-order valence-electron chi connectivity index (χ2n) is 4.84. The van der Waals surface area contributed by atoms with Crippen molar-refractivity contribution in [1.29, 1.82) is 0 Å². The molecule has 0 amide bonds. The lowest BCUT2D eigenvalue weighted by Gasteiger charge is -2.16. The zero-order chi connectivity index (χ0) is 13.8. The fourth-order valence-electron chi connectivity index (χ4n) is 2.21. The van der Waals surface area contributed by atoms with Gasteiger partial charge in [-0.2, -0.15) is 0 Å². The molecular formula is C16H20ClNO. The van der Waals surface area contributed by atoms with E-state index in [0.29, 0.717) is 11.1 Å². The second kappa shape index (κ2) is 6.27. The van der Waals surface area contributed by atoms with Gasteiger partial charge in [-0.25, -0.2) is 0 Å². The number of benzene rings is 1. The maximum atomic E-state index is 5.84. The molecule has 0 saturated carbocycles. The van der Waals surface area contributed by atoms with Gasteiger partial charge >= 0.3 is 0 Å². The predicted octanol–water partition coefficient (Wildman–Crippen LogP) is 4.76. The first kappa shape index (κ1) is 14.2. The molecular weight excluding hydrogens is 258 g/mol. The molecule has 1 aromatic carbocycles. The second-order valence-corrected chi connectivity index (χ2v) is 5.21. The first-order chi connectivity index (χ1) is 9.15. The summed E-state index contributed by atoms with van der Waals surface area (Å²) in [6.45, 7) is 4.46. The quantitative estimate of drug-likeness (QED) is 0.853. The van der Waals surface area contributed by atoms with E-state index < -0.39 is 0 Å². The monoisotopic (exact) mass is 277 g/mol. The Kier molecular flexibility index (Phi) is 4.67. The standard InChI is InChI=1S/C16H20ClNO/c1-4-11(2)12-5-7-13(8-6-12)16(18-3)14-9-10-15(17)19-14/h5-11,16,18H,4H2,1-3H3. The summed E-state index contributed by atoms with van der Waals surface area (Å²) in [6.07, 6.45) is 1.16. The van der Waals surface area contributed by atoms with Crippen LogP contribution in [0.2, 0.25) is 5.22 Å². The van der Waals surface area contributed by atoms with Crippen molar-refractivity contribution in [2.24, 2.45) is 0 Å². The van der Waals surface area contributed by atoms with Crippen molar-refractivity contribution in [3.63, 3.8) is 0 Å². The Bertz CT molecular complexity index is 518. The summed E-state index contributed by atoms with van der Waals surface area (Å²) in [4.78, 5) is 0. The van der Waals surface area contributed by atoms with Crippen molar-refractivity contribution in [1.82, 2.24) is 5.32 Å². The van der Waals surface area contributed by atoms with Gasteiger partial charge in [-0.1, -0.05) is 38.1 Å². The number of hydrogen-bond acceptors (Lipinski definition) is 2. The molecule has 2 aromatic rings. The van der Waals surface area contributed by atoms with E-state index in [1.807, 2.05) is 13.1 Å². The molecule has 2 rings (SSSR count). The van der Waals surface area contributed by atoms with Gasteiger partial charge in [-0.05, 0) is 54.2 Å². The molecule has 0 aliphatic rings. The van der Waals surface area contributed by atoms with E-state index in [4.69, 9.17) is 16.0 Å². The van der Waals surface area contributed by atoms with Crippen LogP contribution in [0.3, 0.4) is 0 Å². The van der Waals surface area contributed by atoms with Crippen LogP contribution in [0, 0.1) is 0 Å². The minimum absolute atomic E-state index is 0.0403. The molecule has 2 nitrogen and oxygen atoms in total. The van der Waals surface area contributed by atoms with Crippen LogP contribution in [0.4, 0.5) is 0 Å². The molecule has 0 aliphatic heterocycles. The van der Waals surface area contributed by atoms with Gasteiger partial charge in [0.05, 0.1) is 6.04 Å². The molecule has 2 atom stereocenters. The van der Waals surface area contributed by atoms with E-state index in [-0.39, 0.29) is 6.04 Å². The summed E-state index contributed by atoms with van der Waals surface area (Å²) in [5, 5.41) is 3.68. The summed E-state index contributed by atoms with van der Waals surface area (Å²) in [5.74, 6) is 1.43. The normalized spacial score (nSPS) is 14.3. The fraction of sp³-hybridized carbons (Fsp3) is 0.375. The van der Waals surface area contributed by atoms with Gasteiger partial charge in [-0.15, -0.1) is 0 Å². The van der Waals surface area contributed by atoms with Crippen molar-refractivity contribution in [3.8, 4) is 0 Å². The molecule has 1 aromatic heterocycles. The molecule has 1 N–H and O–H groups in total. The zero-order valence-corrected chi connectivity index (χ0v) is 12.4. The van der Waals surface area contributed by atoms with Crippen LogP contribution in [0.5, 0.6) is 0 Å². The van der Waals surface area contributed by atoms with E-state index in [2.05, 4.69) is 43.4 Å². The summed E-state index contributed by atoms with van der Waals surface area (Å²) in [6, 6.07) is 12.4. The van der Waals surface area contributed by atoms with Crippen LogP contribution < -0.4 is 5.32 Å². The van der Waals surface area contributed by atoms with Crippen LogP contribution >= 0.6 is 11.6 Å². The number of nitrogens with one attached hydrogen (secondary N) is 1. The van der Waals surface area contributed by atoms with Gasteiger partial charge in [-0.3, -0.25) is 0 Å². The molecule has 1 heterocycles. The van der Waals surface area contributed by atoms with Gasteiger partial charge in [0.2, 0.25) is 0 Å². The molecule has 0 saturated heterocycles. The van der Waals surface area contributed by atoms with Crippen LogP contribution in [0.1, 0.15) is 49.1 Å². The summed E-state index contributed by atoms with van der Waals surface area (Å²) in [5.41, 5.74) is 2.55. The van der Waals surface area contributed by atoms with E-state index in [1.165, 1.54) is 11.1 Å². The first-order valence-electron chi connectivity index (χ1n) is 6.68. The zero-order valence-electron chi connectivity index (χ0n) is 11.6. The Balaban J connectivity index is 2.24. The Labute approximate surface area is 119 Å². The number of halogens is 1. The van der Waals surface area contributed by atoms with Crippen LogP contribution in [0.25, 0.3) is 0 Å². The maximum Gasteiger partial charge on any atom is 0.193 e. The number of hydrogen-bond donors (Lipinski definition) is 1. The minimum atomic E-state index is 0.0403. The highest BCUT2D eigenvalue weighted by Crippen LogP contribution is 2.27. The molecule has 0 radical (unpaired) electrons. The highest BCUT2D eigenvalue weighted by Gasteiger charge is 2.16. The third-order valence-electron chi connectivity index (χ3n) is 3.62. The predicted molar refractivity (Wildman–Crippen MR) is 79.8 cm³/mol. The largest absolute Gasteiger partial charge is 0.448 e. The Hall–Kier alpha value is -1.25. The molecule has 0 bridgehead atoms. The lowest BCUT2D eigenvalue weighted by Crippen LogP contribution is -2.17. The molecule has 19 heavy (non-hydrogen) atoms. The summed E-state index contributed by atoms with van der Waals surface area (Å²) >= 11 is 5.84. The average molecular weight is 278 g/mol. The van der Waals surface area contributed by atoms with E-state index >= 15 is 0 Å². The molecule has 0 aliphatic carbocycles. The van der Waals surface area contributed by atoms with Crippen molar-refractivity contribution in [3.05, 3.63) is 58.5 Å². The van der Waals surface area contributed by atoms with Gasteiger partial charge < -0.3 is 9.73 Å². The minimum Gasteiger partial charge on any atom is -0.448 e. The maximum absolute atomic E-state index is 5.84. The lowest BCUT2D eigenvalue weighted by molar-refractivity contribution is 0.465. The van der Waals surface area contributed by atoms with Crippen molar-refractivity contribution < 1.29 is 4.42 Å². The fourth-order valence-corrected chi connectivity index (χ4v) is 2.36. The van der Waals surface area contributed by atoms with Crippen LogP contribution in [-0.4, -0.2) is 7.05 Å².